The third-order valence-electron chi connectivity index (χ3n) is 5.85. The second kappa shape index (κ2) is 10.6. The van der Waals surface area contributed by atoms with Crippen molar-refractivity contribution in [2.45, 2.75) is 83.4 Å². The van der Waals surface area contributed by atoms with Crippen LogP contribution in [0.25, 0.3) is 0 Å². The van der Waals surface area contributed by atoms with Crippen molar-refractivity contribution in [1.29, 1.82) is 0 Å². The smallest absolute Gasteiger partial charge is 0.353 e. The standard InChI is InChI=1S/C24H36N3O/c1-2-3-4-5-6-7-8-9-10-14-20-27-23-25-18-15-19-26(23)21-24(27,28)22-16-12-11-13-17-22/h11-13,15-19,28H,2-10,14,20-21H2,1H3/q+1. The largest absolute Gasteiger partial charge is 0.396 e. The highest BCUT2D eigenvalue weighted by Gasteiger charge is 2.50. The maximum atomic E-state index is 11.6. The Kier molecular flexibility index (Phi) is 7.84. The predicted octanol–water partition coefficient (Wildman–Crippen LogP) is 4.96. The zero-order valence-electron chi connectivity index (χ0n) is 17.4. The highest BCUT2D eigenvalue weighted by atomic mass is 16.3. The molecule has 1 aromatic heterocycles. The summed E-state index contributed by atoms with van der Waals surface area (Å²) in [5, 5.41) is 11.6. The number of fused-ring (bicyclic) bond motifs is 1. The summed E-state index contributed by atoms with van der Waals surface area (Å²) in [4.78, 5) is 6.64. The van der Waals surface area contributed by atoms with E-state index in [1.807, 2.05) is 48.8 Å². The van der Waals surface area contributed by atoms with E-state index in [-0.39, 0.29) is 0 Å². The molecule has 1 N–H and O–H groups in total. The number of rotatable bonds is 12. The molecule has 0 spiro atoms. The van der Waals surface area contributed by atoms with Gasteiger partial charge in [0.25, 0.3) is 0 Å². The van der Waals surface area contributed by atoms with Crippen LogP contribution in [0.3, 0.4) is 0 Å². The maximum Gasteiger partial charge on any atom is 0.396 e. The Hall–Kier alpha value is -1.94. The molecule has 4 nitrogen and oxygen atoms in total. The maximum absolute atomic E-state index is 11.6. The van der Waals surface area contributed by atoms with E-state index in [1.54, 1.807) is 0 Å². The van der Waals surface area contributed by atoms with E-state index in [2.05, 4.69) is 21.4 Å². The van der Waals surface area contributed by atoms with Gasteiger partial charge in [-0.05, 0) is 6.42 Å². The SMILES string of the molecule is CCCCCCCCCCCCN1c2nccc[n+]2CC1(O)c1ccccc1. The summed E-state index contributed by atoms with van der Waals surface area (Å²) in [5.41, 5.74) is -0.0744. The lowest BCUT2D eigenvalue weighted by Gasteiger charge is -2.28. The highest BCUT2D eigenvalue weighted by molar-refractivity contribution is 5.37. The number of benzene rings is 1. The number of hydrogen-bond acceptors (Lipinski definition) is 3. The Morgan fingerprint density at radius 3 is 2.25 bits per heavy atom. The van der Waals surface area contributed by atoms with Crippen LogP contribution in [-0.2, 0) is 12.3 Å². The van der Waals surface area contributed by atoms with Crippen LogP contribution in [0.2, 0.25) is 0 Å². The van der Waals surface area contributed by atoms with Crippen molar-refractivity contribution < 1.29 is 9.67 Å². The molecule has 0 bridgehead atoms. The van der Waals surface area contributed by atoms with Gasteiger partial charge in [-0.25, -0.2) is 9.47 Å². The van der Waals surface area contributed by atoms with Gasteiger partial charge >= 0.3 is 5.95 Å². The average molecular weight is 383 g/mol. The predicted molar refractivity (Wildman–Crippen MR) is 114 cm³/mol. The first-order valence-corrected chi connectivity index (χ1v) is 11.2. The number of nitrogens with zero attached hydrogens (tertiary/aromatic N) is 3. The molecule has 0 radical (unpaired) electrons. The Morgan fingerprint density at radius 2 is 1.57 bits per heavy atom. The van der Waals surface area contributed by atoms with Crippen molar-refractivity contribution in [2.75, 3.05) is 11.4 Å². The Morgan fingerprint density at radius 1 is 0.929 bits per heavy atom. The number of aliphatic hydroxyl groups is 1. The van der Waals surface area contributed by atoms with Crippen LogP contribution >= 0.6 is 0 Å². The van der Waals surface area contributed by atoms with E-state index in [1.165, 1.54) is 57.8 Å². The fourth-order valence-corrected chi connectivity index (χ4v) is 4.22. The van der Waals surface area contributed by atoms with Gasteiger partial charge in [0.05, 0.1) is 12.7 Å². The molecule has 1 aliphatic heterocycles. The summed E-state index contributed by atoms with van der Waals surface area (Å²) in [7, 11) is 0. The van der Waals surface area contributed by atoms with Gasteiger partial charge in [0, 0.05) is 11.6 Å². The minimum Gasteiger partial charge on any atom is -0.353 e. The average Bonchev–Trinajstić information content (AvgIpc) is 3.03. The van der Waals surface area contributed by atoms with Gasteiger partial charge in [0.15, 0.2) is 0 Å². The van der Waals surface area contributed by atoms with Crippen molar-refractivity contribution in [3.05, 3.63) is 54.4 Å². The summed E-state index contributed by atoms with van der Waals surface area (Å²) in [5.74, 6) is 0.866. The Balaban J connectivity index is 1.50. The van der Waals surface area contributed by atoms with Crippen molar-refractivity contribution in [1.82, 2.24) is 4.98 Å². The normalized spacial score (nSPS) is 18.4. The minimum absolute atomic E-state index is 0.526. The third kappa shape index (κ3) is 5.11. The number of unbranched alkanes of at least 4 members (excludes halogenated alkanes) is 9. The third-order valence-corrected chi connectivity index (χ3v) is 5.85. The van der Waals surface area contributed by atoms with Gasteiger partial charge in [0.1, 0.15) is 12.7 Å². The Bertz CT molecular complexity index is 706. The monoisotopic (exact) mass is 382 g/mol. The molecule has 1 aliphatic rings. The fraction of sp³-hybridized carbons (Fsp3) is 0.583. The van der Waals surface area contributed by atoms with Gasteiger partial charge in [-0.2, -0.15) is 0 Å². The van der Waals surface area contributed by atoms with Gasteiger partial charge in [-0.1, -0.05) is 100 Å². The van der Waals surface area contributed by atoms with Crippen molar-refractivity contribution in [3.63, 3.8) is 0 Å². The molecule has 1 unspecified atom stereocenters. The molecule has 0 aliphatic carbocycles. The second-order valence-corrected chi connectivity index (χ2v) is 8.06. The van der Waals surface area contributed by atoms with E-state index >= 15 is 0 Å². The van der Waals surface area contributed by atoms with Crippen LogP contribution < -0.4 is 9.47 Å². The van der Waals surface area contributed by atoms with Gasteiger partial charge in [0.2, 0.25) is 5.72 Å². The molecule has 152 valence electrons. The molecule has 3 rings (SSSR count). The quantitative estimate of drug-likeness (QED) is 0.417. The summed E-state index contributed by atoms with van der Waals surface area (Å²) in [6.07, 6.45) is 17.0. The number of anilines is 1. The lowest BCUT2D eigenvalue weighted by molar-refractivity contribution is -0.685. The van der Waals surface area contributed by atoms with Crippen LogP contribution in [0.15, 0.2) is 48.8 Å². The molecule has 1 atom stereocenters. The molecule has 2 heterocycles. The summed E-state index contributed by atoms with van der Waals surface area (Å²) >= 11 is 0. The molecule has 0 fully saturated rings. The van der Waals surface area contributed by atoms with E-state index in [0.717, 1.165) is 24.5 Å². The first-order valence-electron chi connectivity index (χ1n) is 11.2. The molecule has 0 saturated heterocycles. The van der Waals surface area contributed by atoms with Crippen LogP contribution in [0.5, 0.6) is 0 Å². The second-order valence-electron chi connectivity index (χ2n) is 8.06. The summed E-state index contributed by atoms with van der Waals surface area (Å²) in [6.45, 7) is 3.63. The summed E-state index contributed by atoms with van der Waals surface area (Å²) < 4.78 is 2.06. The summed E-state index contributed by atoms with van der Waals surface area (Å²) in [6, 6.07) is 11.9. The van der Waals surface area contributed by atoms with Crippen LogP contribution in [0.1, 0.15) is 76.7 Å². The molecule has 28 heavy (non-hydrogen) atoms. The first-order chi connectivity index (χ1) is 13.8. The van der Waals surface area contributed by atoms with Crippen molar-refractivity contribution in [3.8, 4) is 0 Å². The zero-order chi connectivity index (χ0) is 19.7. The van der Waals surface area contributed by atoms with E-state index in [0.29, 0.717) is 6.54 Å². The zero-order valence-corrected chi connectivity index (χ0v) is 17.4. The highest BCUT2D eigenvalue weighted by Crippen LogP contribution is 2.33. The number of hydrogen-bond donors (Lipinski definition) is 1. The van der Waals surface area contributed by atoms with Crippen molar-refractivity contribution in [2.24, 2.45) is 0 Å². The molecule has 0 amide bonds. The Labute approximate surface area is 170 Å². The minimum atomic E-state index is -1.01. The van der Waals surface area contributed by atoms with Gasteiger partial charge in [-0.3, -0.25) is 0 Å². The molecule has 1 aromatic carbocycles. The van der Waals surface area contributed by atoms with Gasteiger partial charge < -0.3 is 5.11 Å². The van der Waals surface area contributed by atoms with Gasteiger partial charge in [-0.15, -0.1) is 0 Å². The molecule has 0 saturated carbocycles. The van der Waals surface area contributed by atoms with Crippen molar-refractivity contribution >= 4 is 5.95 Å². The van der Waals surface area contributed by atoms with E-state index < -0.39 is 5.72 Å². The van der Waals surface area contributed by atoms with Crippen LogP contribution in [-0.4, -0.2) is 16.6 Å². The first kappa shape index (κ1) is 20.8. The van der Waals surface area contributed by atoms with Crippen LogP contribution in [0, 0.1) is 0 Å². The lowest BCUT2D eigenvalue weighted by atomic mass is 10.0. The topological polar surface area (TPSA) is 40.2 Å². The molecular weight excluding hydrogens is 346 g/mol. The molecular formula is C24H36N3O+. The van der Waals surface area contributed by atoms with E-state index in [9.17, 15) is 5.11 Å². The fourth-order valence-electron chi connectivity index (χ4n) is 4.22. The molecule has 4 heteroatoms. The lowest BCUT2D eigenvalue weighted by Crippen LogP contribution is -2.46. The van der Waals surface area contributed by atoms with E-state index in [4.69, 9.17) is 0 Å². The molecule has 2 aromatic rings. The number of aromatic nitrogens is 2. The van der Waals surface area contributed by atoms with Crippen LogP contribution in [0.4, 0.5) is 5.95 Å².